The highest BCUT2D eigenvalue weighted by atomic mass is 16.6. The third-order valence-electron chi connectivity index (χ3n) is 2.03. The Balaban J connectivity index is 2.21. The van der Waals surface area contributed by atoms with Crippen molar-refractivity contribution in [3.63, 3.8) is 0 Å². The molecule has 4 heteroatoms. The lowest BCUT2D eigenvalue weighted by molar-refractivity contribution is -0.890. The number of quaternary nitrogens is 1. The van der Waals surface area contributed by atoms with E-state index in [2.05, 4.69) is 0 Å². The fraction of sp³-hybridized carbons (Fsp3) is 0.875. The number of epoxide rings is 1. The van der Waals surface area contributed by atoms with E-state index >= 15 is 0 Å². The van der Waals surface area contributed by atoms with Gasteiger partial charge in [-0.25, -0.2) is 0 Å². The SMILES string of the molecule is C[N+](C)(CCC(=O)O)CC1CO1. The van der Waals surface area contributed by atoms with E-state index in [1.165, 1.54) is 0 Å². The van der Waals surface area contributed by atoms with Crippen LogP contribution in [0.4, 0.5) is 0 Å². The topological polar surface area (TPSA) is 49.8 Å². The van der Waals surface area contributed by atoms with Crippen LogP contribution in [0.3, 0.4) is 0 Å². The van der Waals surface area contributed by atoms with Gasteiger partial charge in [0, 0.05) is 0 Å². The molecule has 1 aliphatic rings. The molecular formula is C8H16NO3+. The molecule has 0 bridgehead atoms. The highest BCUT2D eigenvalue weighted by Crippen LogP contribution is 2.13. The Morgan fingerprint density at radius 3 is 2.67 bits per heavy atom. The largest absolute Gasteiger partial charge is 0.481 e. The average molecular weight is 174 g/mol. The molecule has 1 atom stereocenters. The second-order valence-corrected chi connectivity index (χ2v) is 3.94. The van der Waals surface area contributed by atoms with Crippen molar-refractivity contribution >= 4 is 5.97 Å². The maximum absolute atomic E-state index is 10.3. The van der Waals surface area contributed by atoms with Gasteiger partial charge in [-0.2, -0.15) is 0 Å². The van der Waals surface area contributed by atoms with Crippen molar-refractivity contribution in [1.29, 1.82) is 0 Å². The molecular weight excluding hydrogens is 158 g/mol. The van der Waals surface area contributed by atoms with Gasteiger partial charge in [-0.1, -0.05) is 0 Å². The first-order valence-electron chi connectivity index (χ1n) is 4.15. The van der Waals surface area contributed by atoms with Gasteiger partial charge in [0.1, 0.15) is 12.6 Å². The molecule has 1 unspecified atom stereocenters. The molecule has 1 heterocycles. The van der Waals surface area contributed by atoms with Gasteiger partial charge in [-0.15, -0.1) is 0 Å². The molecule has 12 heavy (non-hydrogen) atoms. The summed E-state index contributed by atoms with van der Waals surface area (Å²) in [5.74, 6) is -0.724. The number of hydrogen-bond acceptors (Lipinski definition) is 2. The molecule has 0 amide bonds. The zero-order chi connectivity index (χ0) is 9.19. The van der Waals surface area contributed by atoms with E-state index in [0.29, 0.717) is 12.6 Å². The van der Waals surface area contributed by atoms with Crippen LogP contribution in [0.1, 0.15) is 6.42 Å². The number of likely N-dealkylation sites (N-methyl/N-ethyl adjacent to an activating group) is 1. The van der Waals surface area contributed by atoms with Crippen LogP contribution in [0.15, 0.2) is 0 Å². The molecule has 0 saturated carbocycles. The number of rotatable bonds is 5. The lowest BCUT2D eigenvalue weighted by Crippen LogP contribution is -2.44. The fourth-order valence-corrected chi connectivity index (χ4v) is 1.21. The second-order valence-electron chi connectivity index (χ2n) is 3.94. The van der Waals surface area contributed by atoms with Gasteiger partial charge in [0.05, 0.1) is 33.7 Å². The molecule has 1 fully saturated rings. The van der Waals surface area contributed by atoms with E-state index in [0.717, 1.165) is 17.6 Å². The van der Waals surface area contributed by atoms with Crippen molar-refractivity contribution in [2.75, 3.05) is 33.8 Å². The molecule has 1 saturated heterocycles. The van der Waals surface area contributed by atoms with Crippen molar-refractivity contribution in [2.24, 2.45) is 0 Å². The highest BCUT2D eigenvalue weighted by molar-refractivity contribution is 5.66. The minimum Gasteiger partial charge on any atom is -0.481 e. The number of nitrogens with zero attached hydrogens (tertiary/aromatic N) is 1. The van der Waals surface area contributed by atoms with Gasteiger partial charge in [0.25, 0.3) is 0 Å². The van der Waals surface area contributed by atoms with E-state index in [4.69, 9.17) is 9.84 Å². The Morgan fingerprint density at radius 1 is 1.67 bits per heavy atom. The van der Waals surface area contributed by atoms with Crippen molar-refractivity contribution in [2.45, 2.75) is 12.5 Å². The summed E-state index contributed by atoms with van der Waals surface area (Å²) in [6.45, 7) is 2.44. The maximum Gasteiger partial charge on any atom is 0.309 e. The summed E-state index contributed by atoms with van der Waals surface area (Å²) in [6, 6.07) is 0. The van der Waals surface area contributed by atoms with Crippen LogP contribution in [-0.4, -0.2) is 55.5 Å². The van der Waals surface area contributed by atoms with E-state index in [9.17, 15) is 4.79 Å². The van der Waals surface area contributed by atoms with Crippen LogP contribution in [0.2, 0.25) is 0 Å². The predicted octanol–water partition coefficient (Wildman–Crippen LogP) is -0.0637. The van der Waals surface area contributed by atoms with Gasteiger partial charge in [-0.05, 0) is 0 Å². The molecule has 0 radical (unpaired) electrons. The third-order valence-corrected chi connectivity index (χ3v) is 2.03. The number of carbonyl (C=O) groups is 1. The third kappa shape index (κ3) is 3.69. The molecule has 4 nitrogen and oxygen atoms in total. The predicted molar refractivity (Wildman–Crippen MR) is 43.8 cm³/mol. The zero-order valence-corrected chi connectivity index (χ0v) is 7.62. The maximum atomic E-state index is 10.3. The average Bonchev–Trinajstić information content (AvgIpc) is 2.67. The van der Waals surface area contributed by atoms with E-state index in [1.54, 1.807) is 0 Å². The molecule has 0 aromatic rings. The summed E-state index contributed by atoms with van der Waals surface area (Å²) in [6.07, 6.45) is 0.605. The first-order valence-corrected chi connectivity index (χ1v) is 4.15. The Hall–Kier alpha value is -0.610. The molecule has 0 aromatic heterocycles. The summed E-state index contributed by atoms with van der Waals surface area (Å²) in [7, 11) is 4.06. The normalized spacial score (nSPS) is 22.3. The second kappa shape index (κ2) is 3.41. The van der Waals surface area contributed by atoms with E-state index in [1.807, 2.05) is 14.1 Å². The Labute approximate surface area is 72.3 Å². The number of aliphatic carboxylic acids is 1. The Bertz CT molecular complexity index is 175. The Kier molecular flexibility index (Phi) is 2.69. The van der Waals surface area contributed by atoms with Crippen LogP contribution < -0.4 is 0 Å². The quantitative estimate of drug-likeness (QED) is 0.469. The van der Waals surface area contributed by atoms with E-state index < -0.39 is 5.97 Å². The lowest BCUT2D eigenvalue weighted by Gasteiger charge is -2.28. The fourth-order valence-electron chi connectivity index (χ4n) is 1.21. The van der Waals surface area contributed by atoms with Gasteiger partial charge in [-0.3, -0.25) is 4.79 Å². The summed E-state index contributed by atoms with van der Waals surface area (Å²) in [5.41, 5.74) is 0. The number of carboxylic acids is 1. The molecule has 70 valence electrons. The molecule has 1 N–H and O–H groups in total. The first-order chi connectivity index (χ1) is 5.49. The minimum absolute atomic E-state index is 0.236. The van der Waals surface area contributed by atoms with Crippen molar-refractivity contribution in [3.05, 3.63) is 0 Å². The number of carboxylic acid groups (broad SMARTS) is 1. The van der Waals surface area contributed by atoms with Gasteiger partial charge in [0.15, 0.2) is 0 Å². The summed E-state index contributed by atoms with van der Waals surface area (Å²) < 4.78 is 5.82. The van der Waals surface area contributed by atoms with Gasteiger partial charge in [0.2, 0.25) is 0 Å². The van der Waals surface area contributed by atoms with Crippen LogP contribution in [0, 0.1) is 0 Å². The molecule has 1 aliphatic heterocycles. The number of hydrogen-bond donors (Lipinski definition) is 1. The van der Waals surface area contributed by atoms with Crippen LogP contribution in [0.25, 0.3) is 0 Å². The summed E-state index contributed by atoms with van der Waals surface area (Å²) in [4.78, 5) is 10.3. The standard InChI is InChI=1S/C8H15NO3/c1-9(2,4-3-8(10)11)5-7-6-12-7/h7H,3-6H2,1-2H3/p+1. The van der Waals surface area contributed by atoms with Crippen LogP contribution in [0.5, 0.6) is 0 Å². The smallest absolute Gasteiger partial charge is 0.309 e. The molecule has 1 rings (SSSR count). The summed E-state index contributed by atoms with van der Waals surface area (Å²) in [5, 5.41) is 8.49. The first kappa shape index (κ1) is 9.48. The number of ether oxygens (including phenoxy) is 1. The zero-order valence-electron chi connectivity index (χ0n) is 7.62. The molecule has 0 spiro atoms. The van der Waals surface area contributed by atoms with Crippen molar-refractivity contribution in [3.8, 4) is 0 Å². The molecule has 0 aromatic carbocycles. The van der Waals surface area contributed by atoms with Gasteiger partial charge >= 0.3 is 5.97 Å². The molecule has 0 aliphatic carbocycles. The van der Waals surface area contributed by atoms with Crippen molar-refractivity contribution < 1.29 is 19.1 Å². The van der Waals surface area contributed by atoms with Crippen LogP contribution >= 0.6 is 0 Å². The summed E-state index contributed by atoms with van der Waals surface area (Å²) >= 11 is 0. The highest BCUT2D eigenvalue weighted by Gasteiger charge is 2.31. The Morgan fingerprint density at radius 2 is 2.25 bits per heavy atom. The van der Waals surface area contributed by atoms with E-state index in [-0.39, 0.29) is 6.42 Å². The lowest BCUT2D eigenvalue weighted by atomic mass is 10.3. The minimum atomic E-state index is -0.724. The van der Waals surface area contributed by atoms with Crippen LogP contribution in [-0.2, 0) is 9.53 Å². The monoisotopic (exact) mass is 174 g/mol. The van der Waals surface area contributed by atoms with Gasteiger partial charge < -0.3 is 14.3 Å². The van der Waals surface area contributed by atoms with Crippen molar-refractivity contribution in [1.82, 2.24) is 0 Å².